The lowest BCUT2D eigenvalue weighted by Crippen LogP contribution is -2.29. The van der Waals surface area contributed by atoms with E-state index in [0.717, 1.165) is 16.3 Å². The van der Waals surface area contributed by atoms with E-state index in [0.29, 0.717) is 31.8 Å². The second-order valence-electron chi connectivity index (χ2n) is 5.19. The lowest BCUT2D eigenvalue weighted by atomic mass is 10.2. The number of β-amino-alcohol motifs (C(OH)–C–C–N with tert-alkyl or cyclic N) is 1. The van der Waals surface area contributed by atoms with Crippen LogP contribution in [0.2, 0.25) is 0 Å². The summed E-state index contributed by atoms with van der Waals surface area (Å²) < 4.78 is 5.42. The van der Waals surface area contributed by atoms with Gasteiger partial charge in [-0.2, -0.15) is 0 Å². The Hall–Kier alpha value is -1.92. The smallest absolute Gasteiger partial charge is 0.273 e. The van der Waals surface area contributed by atoms with Crippen molar-refractivity contribution in [2.75, 3.05) is 19.7 Å². The van der Waals surface area contributed by atoms with E-state index in [1.54, 1.807) is 10.3 Å². The van der Waals surface area contributed by atoms with E-state index in [1.807, 2.05) is 31.2 Å². The van der Waals surface area contributed by atoms with Gasteiger partial charge in [0.1, 0.15) is 16.5 Å². The summed E-state index contributed by atoms with van der Waals surface area (Å²) in [4.78, 5) is 18.4. The molecular formula is C16H18N2O3S. The van der Waals surface area contributed by atoms with Crippen LogP contribution in [0.25, 0.3) is 10.6 Å². The van der Waals surface area contributed by atoms with Crippen LogP contribution in [0.4, 0.5) is 0 Å². The molecule has 0 radical (unpaired) electrons. The topological polar surface area (TPSA) is 62.7 Å². The Balaban J connectivity index is 1.74. The second kappa shape index (κ2) is 6.46. The minimum Gasteiger partial charge on any atom is -0.494 e. The van der Waals surface area contributed by atoms with Crippen molar-refractivity contribution in [3.63, 3.8) is 0 Å². The summed E-state index contributed by atoms with van der Waals surface area (Å²) in [6.07, 6.45) is 0.231. The Morgan fingerprint density at radius 2 is 2.23 bits per heavy atom. The number of nitrogens with zero attached hydrogens (tertiary/aromatic N) is 2. The molecule has 3 rings (SSSR count). The Labute approximate surface area is 133 Å². The van der Waals surface area contributed by atoms with Crippen LogP contribution in [-0.2, 0) is 0 Å². The van der Waals surface area contributed by atoms with Crippen molar-refractivity contribution in [2.24, 2.45) is 0 Å². The average molecular weight is 318 g/mol. The average Bonchev–Trinajstić information content (AvgIpc) is 3.17. The maximum absolute atomic E-state index is 12.3. The molecule has 22 heavy (non-hydrogen) atoms. The largest absolute Gasteiger partial charge is 0.494 e. The van der Waals surface area contributed by atoms with Crippen LogP contribution in [0, 0.1) is 0 Å². The third kappa shape index (κ3) is 3.13. The number of ether oxygens (including phenoxy) is 1. The zero-order valence-electron chi connectivity index (χ0n) is 12.4. The summed E-state index contributed by atoms with van der Waals surface area (Å²) in [5.41, 5.74) is 1.41. The van der Waals surface area contributed by atoms with Crippen LogP contribution in [0.15, 0.2) is 29.6 Å². The number of amides is 1. The highest BCUT2D eigenvalue weighted by Crippen LogP contribution is 2.26. The number of hydrogen-bond acceptors (Lipinski definition) is 5. The fraction of sp³-hybridized carbons (Fsp3) is 0.375. The van der Waals surface area contributed by atoms with Crippen LogP contribution in [-0.4, -0.2) is 46.7 Å². The molecule has 0 aliphatic carbocycles. The van der Waals surface area contributed by atoms with Crippen LogP contribution in [0.3, 0.4) is 0 Å². The van der Waals surface area contributed by atoms with Gasteiger partial charge in [0, 0.05) is 24.0 Å². The fourth-order valence-corrected chi connectivity index (χ4v) is 3.25. The Bertz CT molecular complexity index is 654. The fourth-order valence-electron chi connectivity index (χ4n) is 2.45. The number of rotatable bonds is 4. The molecule has 1 aliphatic rings. The summed E-state index contributed by atoms with van der Waals surface area (Å²) in [6.45, 7) is 3.57. The van der Waals surface area contributed by atoms with E-state index in [1.165, 1.54) is 11.3 Å². The molecule has 1 aliphatic heterocycles. The van der Waals surface area contributed by atoms with Crippen molar-refractivity contribution < 1.29 is 14.6 Å². The van der Waals surface area contributed by atoms with Gasteiger partial charge in [-0.1, -0.05) is 0 Å². The number of carbonyl (C=O) groups is 1. The van der Waals surface area contributed by atoms with Crippen LogP contribution in [0.1, 0.15) is 23.8 Å². The summed E-state index contributed by atoms with van der Waals surface area (Å²) >= 11 is 1.45. The molecule has 1 N–H and O–H groups in total. The summed E-state index contributed by atoms with van der Waals surface area (Å²) in [6, 6.07) is 7.69. The molecule has 1 atom stereocenters. The number of benzene rings is 1. The maximum atomic E-state index is 12.3. The van der Waals surface area contributed by atoms with Gasteiger partial charge in [-0.05, 0) is 37.6 Å². The molecule has 1 amide bonds. The molecule has 0 spiro atoms. The first-order valence-corrected chi connectivity index (χ1v) is 8.21. The van der Waals surface area contributed by atoms with Crippen molar-refractivity contribution >= 4 is 17.2 Å². The van der Waals surface area contributed by atoms with Crippen LogP contribution in [0.5, 0.6) is 5.75 Å². The number of aromatic nitrogens is 1. The minimum atomic E-state index is -0.409. The number of aliphatic hydroxyl groups is 1. The van der Waals surface area contributed by atoms with E-state index in [2.05, 4.69) is 4.98 Å². The van der Waals surface area contributed by atoms with Gasteiger partial charge in [0.25, 0.3) is 5.91 Å². The summed E-state index contributed by atoms with van der Waals surface area (Å²) in [5.74, 6) is 0.718. The number of hydrogen-bond donors (Lipinski definition) is 1. The predicted octanol–water partition coefficient (Wildman–Crippen LogP) is 2.42. The number of carbonyl (C=O) groups excluding carboxylic acids is 1. The molecule has 0 unspecified atom stereocenters. The number of likely N-dealkylation sites (tertiary alicyclic amines) is 1. The molecule has 1 aromatic heterocycles. The van der Waals surface area contributed by atoms with Crippen molar-refractivity contribution in [1.29, 1.82) is 0 Å². The maximum Gasteiger partial charge on any atom is 0.273 e. The van der Waals surface area contributed by atoms with Gasteiger partial charge in [-0.25, -0.2) is 4.98 Å². The van der Waals surface area contributed by atoms with Gasteiger partial charge >= 0.3 is 0 Å². The molecular weight excluding hydrogens is 300 g/mol. The highest BCUT2D eigenvalue weighted by atomic mass is 32.1. The van der Waals surface area contributed by atoms with E-state index in [9.17, 15) is 9.90 Å². The van der Waals surface area contributed by atoms with Crippen molar-refractivity contribution in [2.45, 2.75) is 19.4 Å². The first kappa shape index (κ1) is 15.0. The molecule has 0 saturated carbocycles. The normalized spacial score (nSPS) is 17.7. The molecule has 5 nitrogen and oxygen atoms in total. The lowest BCUT2D eigenvalue weighted by molar-refractivity contribution is 0.0760. The van der Waals surface area contributed by atoms with Crippen molar-refractivity contribution in [3.05, 3.63) is 35.3 Å². The van der Waals surface area contributed by atoms with E-state index in [4.69, 9.17) is 4.74 Å². The van der Waals surface area contributed by atoms with Gasteiger partial charge in [0.2, 0.25) is 0 Å². The zero-order chi connectivity index (χ0) is 15.5. The predicted molar refractivity (Wildman–Crippen MR) is 85.2 cm³/mol. The van der Waals surface area contributed by atoms with Crippen molar-refractivity contribution in [1.82, 2.24) is 9.88 Å². The third-order valence-corrected chi connectivity index (χ3v) is 4.48. The SMILES string of the molecule is CCOc1ccc(-c2nc(C(=O)N3CC[C@@H](O)C3)cs2)cc1. The molecule has 0 bridgehead atoms. The molecule has 6 heteroatoms. The van der Waals surface area contributed by atoms with Gasteiger partial charge < -0.3 is 14.7 Å². The molecule has 2 aromatic rings. The Morgan fingerprint density at radius 3 is 2.86 bits per heavy atom. The minimum absolute atomic E-state index is 0.106. The Kier molecular flexibility index (Phi) is 4.40. The van der Waals surface area contributed by atoms with Gasteiger partial charge in [0.05, 0.1) is 12.7 Å². The number of aliphatic hydroxyl groups excluding tert-OH is 1. The first-order valence-electron chi connectivity index (χ1n) is 7.33. The third-order valence-electron chi connectivity index (χ3n) is 3.59. The van der Waals surface area contributed by atoms with Crippen LogP contribution >= 0.6 is 11.3 Å². The zero-order valence-corrected chi connectivity index (χ0v) is 13.2. The van der Waals surface area contributed by atoms with Crippen LogP contribution < -0.4 is 4.74 Å². The molecule has 1 aromatic carbocycles. The summed E-state index contributed by atoms with van der Waals surface area (Å²) in [7, 11) is 0. The highest BCUT2D eigenvalue weighted by Gasteiger charge is 2.26. The van der Waals surface area contributed by atoms with E-state index in [-0.39, 0.29) is 5.91 Å². The summed E-state index contributed by atoms with van der Waals surface area (Å²) in [5, 5.41) is 12.1. The second-order valence-corrected chi connectivity index (χ2v) is 6.05. The molecule has 116 valence electrons. The first-order chi connectivity index (χ1) is 10.7. The highest BCUT2D eigenvalue weighted by molar-refractivity contribution is 7.13. The molecule has 1 saturated heterocycles. The van der Waals surface area contributed by atoms with Gasteiger partial charge in [-0.3, -0.25) is 4.79 Å². The molecule has 2 heterocycles. The van der Waals surface area contributed by atoms with E-state index >= 15 is 0 Å². The lowest BCUT2D eigenvalue weighted by Gasteiger charge is -2.13. The quantitative estimate of drug-likeness (QED) is 0.940. The van der Waals surface area contributed by atoms with Gasteiger partial charge in [-0.15, -0.1) is 11.3 Å². The van der Waals surface area contributed by atoms with Crippen molar-refractivity contribution in [3.8, 4) is 16.3 Å². The molecule has 1 fully saturated rings. The number of thiazole rings is 1. The van der Waals surface area contributed by atoms with E-state index < -0.39 is 6.10 Å². The Morgan fingerprint density at radius 1 is 1.45 bits per heavy atom. The standard InChI is InChI=1S/C16H18N2O3S/c1-2-21-13-5-3-11(4-6-13)15-17-14(10-22-15)16(20)18-8-7-12(19)9-18/h3-6,10,12,19H,2,7-9H2,1H3/t12-/m1/s1. The van der Waals surface area contributed by atoms with Gasteiger partial charge in [0.15, 0.2) is 0 Å². The monoisotopic (exact) mass is 318 g/mol.